The van der Waals surface area contributed by atoms with Crippen molar-refractivity contribution in [2.24, 2.45) is 15.9 Å². The SMILES string of the molecule is COC(=O)CC1=NC(=O)C2C(=N1)SC(C)=C2C. The molecule has 0 radical (unpaired) electrons. The van der Waals surface area contributed by atoms with Gasteiger partial charge in [0.25, 0.3) is 5.91 Å². The van der Waals surface area contributed by atoms with Crippen molar-refractivity contribution < 1.29 is 14.3 Å². The minimum Gasteiger partial charge on any atom is -0.469 e. The van der Waals surface area contributed by atoms with Gasteiger partial charge in [-0.05, 0) is 24.3 Å². The van der Waals surface area contributed by atoms with Gasteiger partial charge in [0.05, 0.1) is 12.2 Å². The van der Waals surface area contributed by atoms with Crippen LogP contribution in [0.4, 0.5) is 0 Å². The Morgan fingerprint density at radius 2 is 2.12 bits per heavy atom. The molecule has 0 saturated heterocycles. The zero-order valence-electron chi connectivity index (χ0n) is 9.81. The second-order valence-electron chi connectivity index (χ2n) is 3.84. The van der Waals surface area contributed by atoms with Crippen LogP contribution in [0.2, 0.25) is 0 Å². The van der Waals surface area contributed by atoms with Gasteiger partial charge < -0.3 is 4.74 Å². The molecule has 0 saturated carbocycles. The highest BCUT2D eigenvalue weighted by molar-refractivity contribution is 8.17. The van der Waals surface area contributed by atoms with E-state index in [1.807, 2.05) is 13.8 Å². The van der Waals surface area contributed by atoms with Gasteiger partial charge in [-0.25, -0.2) is 4.99 Å². The van der Waals surface area contributed by atoms with Crippen LogP contribution in [0.25, 0.3) is 0 Å². The Hall–Kier alpha value is -1.43. The minimum absolute atomic E-state index is 0.0584. The van der Waals surface area contributed by atoms with Crippen LogP contribution in [0, 0.1) is 5.92 Å². The second kappa shape index (κ2) is 4.44. The summed E-state index contributed by atoms with van der Waals surface area (Å²) in [5.74, 6) is -0.774. The van der Waals surface area contributed by atoms with Crippen LogP contribution in [-0.4, -0.2) is 29.9 Å². The van der Waals surface area contributed by atoms with Gasteiger partial charge in [0, 0.05) is 0 Å². The summed E-state index contributed by atoms with van der Waals surface area (Å²) in [6.45, 7) is 3.86. The molecule has 0 aliphatic carbocycles. The Morgan fingerprint density at radius 1 is 1.41 bits per heavy atom. The first-order valence-corrected chi connectivity index (χ1v) is 5.96. The zero-order valence-corrected chi connectivity index (χ0v) is 10.6. The van der Waals surface area contributed by atoms with Crippen LogP contribution >= 0.6 is 11.8 Å². The summed E-state index contributed by atoms with van der Waals surface area (Å²) in [6, 6.07) is 0. The lowest BCUT2D eigenvalue weighted by molar-refractivity contribution is -0.139. The molecule has 0 fully saturated rings. The quantitative estimate of drug-likeness (QED) is 0.699. The molecule has 6 heteroatoms. The number of rotatable bonds is 2. The predicted molar refractivity (Wildman–Crippen MR) is 66.0 cm³/mol. The van der Waals surface area contributed by atoms with Gasteiger partial charge in [-0.1, -0.05) is 11.8 Å². The molecule has 0 bridgehead atoms. The van der Waals surface area contributed by atoms with Gasteiger partial charge in [-0.15, -0.1) is 0 Å². The van der Waals surface area contributed by atoms with E-state index in [4.69, 9.17) is 0 Å². The standard InChI is InChI=1S/C11H12N2O3S/c1-5-6(2)17-11-9(5)10(15)12-7(13-11)4-8(14)16-3/h9H,4H2,1-3H3. The van der Waals surface area contributed by atoms with Gasteiger partial charge in [-0.2, -0.15) is 4.99 Å². The number of carbonyl (C=O) groups excluding carboxylic acids is 2. The maximum absolute atomic E-state index is 11.8. The highest BCUT2D eigenvalue weighted by Crippen LogP contribution is 2.39. The number of ether oxygens (including phenoxy) is 1. The molecule has 5 nitrogen and oxygen atoms in total. The molecule has 0 N–H and O–H groups in total. The van der Waals surface area contributed by atoms with Gasteiger partial charge in [0.1, 0.15) is 18.2 Å². The first-order valence-electron chi connectivity index (χ1n) is 5.15. The molecule has 90 valence electrons. The van der Waals surface area contributed by atoms with Gasteiger partial charge >= 0.3 is 5.97 Å². The smallest absolute Gasteiger partial charge is 0.313 e. The van der Waals surface area contributed by atoms with Crippen molar-refractivity contribution in [2.45, 2.75) is 20.3 Å². The number of esters is 1. The molecule has 1 atom stereocenters. The third kappa shape index (κ3) is 2.17. The number of amidine groups is 1. The molecule has 0 spiro atoms. The highest BCUT2D eigenvalue weighted by Gasteiger charge is 2.36. The van der Waals surface area contributed by atoms with Crippen LogP contribution in [-0.2, 0) is 14.3 Å². The fourth-order valence-corrected chi connectivity index (χ4v) is 2.83. The Labute approximate surface area is 103 Å². The van der Waals surface area contributed by atoms with E-state index >= 15 is 0 Å². The topological polar surface area (TPSA) is 68.1 Å². The van der Waals surface area contributed by atoms with Crippen LogP contribution in [0.3, 0.4) is 0 Å². The van der Waals surface area contributed by atoms with E-state index in [1.54, 1.807) is 0 Å². The molecule has 1 unspecified atom stereocenters. The van der Waals surface area contributed by atoms with Gasteiger partial charge in [0.2, 0.25) is 0 Å². The van der Waals surface area contributed by atoms with Crippen LogP contribution < -0.4 is 0 Å². The number of nitrogens with zero attached hydrogens (tertiary/aromatic N) is 2. The number of hydrogen-bond acceptors (Lipinski definition) is 5. The van der Waals surface area contributed by atoms with Crippen molar-refractivity contribution >= 4 is 34.5 Å². The van der Waals surface area contributed by atoms with Crippen LogP contribution in [0.5, 0.6) is 0 Å². The van der Waals surface area contributed by atoms with Crippen molar-refractivity contribution in [2.75, 3.05) is 7.11 Å². The summed E-state index contributed by atoms with van der Waals surface area (Å²) in [7, 11) is 1.30. The number of aliphatic imine (C=N–C) groups is 2. The van der Waals surface area contributed by atoms with Crippen LogP contribution in [0.15, 0.2) is 20.5 Å². The highest BCUT2D eigenvalue weighted by atomic mass is 32.2. The van der Waals surface area contributed by atoms with E-state index in [0.717, 1.165) is 15.5 Å². The number of thioether (sulfide) groups is 1. The number of amides is 1. The monoisotopic (exact) mass is 252 g/mol. The minimum atomic E-state index is -0.441. The predicted octanol–water partition coefficient (Wildman–Crippen LogP) is 1.54. The largest absolute Gasteiger partial charge is 0.469 e. The van der Waals surface area contributed by atoms with Crippen molar-refractivity contribution in [3.8, 4) is 0 Å². The van der Waals surface area contributed by atoms with Crippen LogP contribution in [0.1, 0.15) is 20.3 Å². The first-order chi connectivity index (χ1) is 8.02. The van der Waals surface area contributed by atoms with E-state index in [9.17, 15) is 9.59 Å². The molecule has 0 aromatic carbocycles. The number of methoxy groups -OCH3 is 1. The Kier molecular flexibility index (Phi) is 3.15. The molecular formula is C11H12N2O3S. The number of carbonyl (C=O) groups is 2. The van der Waals surface area contributed by atoms with E-state index < -0.39 is 5.97 Å². The number of fused-ring (bicyclic) bond motifs is 1. The van der Waals surface area contributed by atoms with Crippen molar-refractivity contribution in [3.05, 3.63) is 10.5 Å². The van der Waals surface area contributed by atoms with E-state index in [-0.39, 0.29) is 24.1 Å². The summed E-state index contributed by atoms with van der Waals surface area (Å²) >= 11 is 1.48. The molecule has 2 heterocycles. The third-order valence-electron chi connectivity index (χ3n) is 2.75. The van der Waals surface area contributed by atoms with E-state index in [0.29, 0.717) is 0 Å². The van der Waals surface area contributed by atoms with E-state index in [1.165, 1.54) is 18.9 Å². The summed E-state index contributed by atoms with van der Waals surface area (Å²) in [5, 5.41) is 0.721. The molecule has 0 aromatic heterocycles. The maximum atomic E-state index is 11.8. The Bertz CT molecular complexity index is 491. The van der Waals surface area contributed by atoms with Gasteiger partial charge in [0.15, 0.2) is 0 Å². The summed E-state index contributed by atoms with van der Waals surface area (Å²) in [5.41, 5.74) is 1.000. The van der Waals surface area contributed by atoms with Gasteiger partial charge in [-0.3, -0.25) is 9.59 Å². The average Bonchev–Trinajstić information content (AvgIpc) is 2.54. The fourth-order valence-electron chi connectivity index (χ4n) is 1.69. The lowest BCUT2D eigenvalue weighted by Gasteiger charge is -2.14. The van der Waals surface area contributed by atoms with Crippen molar-refractivity contribution in [1.82, 2.24) is 0 Å². The Morgan fingerprint density at radius 3 is 2.76 bits per heavy atom. The molecule has 2 aliphatic heterocycles. The number of hydrogen-bond donors (Lipinski definition) is 0. The maximum Gasteiger partial charge on any atom is 0.313 e. The molecule has 2 aliphatic rings. The van der Waals surface area contributed by atoms with Crippen molar-refractivity contribution in [3.63, 3.8) is 0 Å². The lowest BCUT2D eigenvalue weighted by Crippen LogP contribution is -2.25. The second-order valence-corrected chi connectivity index (χ2v) is 5.08. The number of allylic oxidation sites excluding steroid dienone is 1. The normalized spacial score (nSPS) is 23.2. The summed E-state index contributed by atoms with van der Waals surface area (Å²) in [6.07, 6.45) is -0.0584. The fraction of sp³-hybridized carbons (Fsp3) is 0.455. The lowest BCUT2D eigenvalue weighted by atomic mass is 10.00. The molecule has 0 aromatic rings. The third-order valence-corrected chi connectivity index (χ3v) is 3.91. The molecule has 17 heavy (non-hydrogen) atoms. The average molecular weight is 252 g/mol. The molecule has 2 rings (SSSR count). The first kappa shape index (κ1) is 12.0. The molecule has 1 amide bonds. The molecular weight excluding hydrogens is 240 g/mol. The summed E-state index contributed by atoms with van der Waals surface area (Å²) < 4.78 is 4.52. The van der Waals surface area contributed by atoms with E-state index in [2.05, 4.69) is 14.7 Å². The zero-order chi connectivity index (χ0) is 12.6. The summed E-state index contributed by atoms with van der Waals surface area (Å²) in [4.78, 5) is 32.1. The Balaban J connectivity index is 2.23. The van der Waals surface area contributed by atoms with Crippen molar-refractivity contribution in [1.29, 1.82) is 0 Å².